The van der Waals surface area contributed by atoms with Gasteiger partial charge >= 0.3 is 0 Å². The Hall–Kier alpha value is -3.13. The lowest BCUT2D eigenvalue weighted by Crippen LogP contribution is -2.31. The number of likely N-dealkylation sites (tertiary alicyclic amines) is 1. The number of carbonyl (C=O) groups is 1. The first kappa shape index (κ1) is 17.9. The number of anilines is 1. The molecular weight excluding hydrogens is 371 g/mol. The smallest absolute Gasteiger partial charge is 0.293 e. The molecule has 1 aromatic carbocycles. The van der Waals surface area contributed by atoms with Crippen molar-refractivity contribution in [2.45, 2.75) is 19.5 Å². The van der Waals surface area contributed by atoms with Crippen molar-refractivity contribution in [3.63, 3.8) is 0 Å². The van der Waals surface area contributed by atoms with Crippen LogP contribution in [0.1, 0.15) is 22.0 Å². The molecule has 0 saturated carbocycles. The highest BCUT2D eigenvalue weighted by Crippen LogP contribution is 2.33. The van der Waals surface area contributed by atoms with E-state index in [1.165, 1.54) is 17.7 Å². The fraction of sp³-hybridized carbons (Fsp3) is 0.333. The van der Waals surface area contributed by atoms with Crippen molar-refractivity contribution >= 4 is 11.6 Å². The standard InChI is InChI=1S/C21H21FN6O/c22-17-2-1-3-18(9-17)24-21(29)20-26-25-19-8-15-11-27(12-16(15)13-28(19)20)10-14-4-6-23-7-5-14/h1-7,9,15-16H,8,10-13H2,(H,24,29). The number of rotatable bonds is 4. The lowest BCUT2D eigenvalue weighted by Gasteiger charge is -2.25. The van der Waals surface area contributed by atoms with Crippen LogP contribution in [0.15, 0.2) is 48.8 Å². The predicted molar refractivity (Wildman–Crippen MR) is 105 cm³/mol. The SMILES string of the molecule is O=C(Nc1cccc(F)c1)c1nnc2n1CC1CN(Cc3ccncc3)CC1C2. The predicted octanol–water partition coefficient (Wildman–Crippen LogP) is 2.37. The number of amides is 1. The maximum atomic E-state index is 13.4. The summed E-state index contributed by atoms with van der Waals surface area (Å²) < 4.78 is 15.3. The first-order chi connectivity index (χ1) is 14.2. The Morgan fingerprint density at radius 1 is 1.10 bits per heavy atom. The lowest BCUT2D eigenvalue weighted by molar-refractivity contribution is 0.100. The van der Waals surface area contributed by atoms with Gasteiger partial charge in [-0.25, -0.2) is 4.39 Å². The Kier molecular flexibility index (Phi) is 4.55. The second-order valence-electron chi connectivity index (χ2n) is 7.79. The van der Waals surface area contributed by atoms with Gasteiger partial charge in [0.15, 0.2) is 0 Å². The molecule has 2 aliphatic rings. The van der Waals surface area contributed by atoms with Gasteiger partial charge in [0, 0.05) is 50.7 Å². The maximum absolute atomic E-state index is 13.4. The maximum Gasteiger partial charge on any atom is 0.293 e. The molecule has 1 N–H and O–H groups in total. The monoisotopic (exact) mass is 392 g/mol. The van der Waals surface area contributed by atoms with Crippen LogP contribution in [0, 0.1) is 17.7 Å². The van der Waals surface area contributed by atoms with Gasteiger partial charge < -0.3 is 9.88 Å². The van der Waals surface area contributed by atoms with E-state index in [1.807, 2.05) is 29.1 Å². The van der Waals surface area contributed by atoms with Crippen LogP contribution in [0.2, 0.25) is 0 Å². The average Bonchev–Trinajstić information content (AvgIpc) is 3.29. The molecule has 0 radical (unpaired) electrons. The molecule has 1 saturated heterocycles. The largest absolute Gasteiger partial charge is 0.319 e. The Morgan fingerprint density at radius 2 is 1.93 bits per heavy atom. The lowest BCUT2D eigenvalue weighted by atomic mass is 9.89. The van der Waals surface area contributed by atoms with Gasteiger partial charge in [0.05, 0.1) is 0 Å². The minimum atomic E-state index is -0.394. The van der Waals surface area contributed by atoms with Crippen LogP contribution >= 0.6 is 0 Å². The van der Waals surface area contributed by atoms with E-state index in [-0.39, 0.29) is 11.7 Å². The Labute approximate surface area is 167 Å². The number of carbonyl (C=O) groups excluding carboxylic acids is 1. The molecule has 8 heteroatoms. The van der Waals surface area contributed by atoms with Gasteiger partial charge in [-0.05, 0) is 47.7 Å². The molecule has 1 amide bonds. The van der Waals surface area contributed by atoms with Gasteiger partial charge in [-0.3, -0.25) is 14.7 Å². The van der Waals surface area contributed by atoms with Gasteiger partial charge in [-0.1, -0.05) is 6.07 Å². The van der Waals surface area contributed by atoms with E-state index in [9.17, 15) is 9.18 Å². The second kappa shape index (κ2) is 7.36. The summed E-state index contributed by atoms with van der Waals surface area (Å²) in [6, 6.07) is 9.93. The van der Waals surface area contributed by atoms with E-state index in [4.69, 9.17) is 0 Å². The molecule has 4 heterocycles. The highest BCUT2D eigenvalue weighted by molar-refractivity contribution is 6.01. The van der Waals surface area contributed by atoms with Crippen molar-refractivity contribution in [3.8, 4) is 0 Å². The third-order valence-electron chi connectivity index (χ3n) is 5.78. The first-order valence-electron chi connectivity index (χ1n) is 9.76. The summed E-state index contributed by atoms with van der Waals surface area (Å²) in [4.78, 5) is 19.2. The van der Waals surface area contributed by atoms with E-state index < -0.39 is 5.82 Å². The molecule has 1 fully saturated rings. The molecule has 0 spiro atoms. The third-order valence-corrected chi connectivity index (χ3v) is 5.78. The number of fused-ring (bicyclic) bond motifs is 2. The first-order valence-corrected chi connectivity index (χ1v) is 9.76. The number of nitrogens with one attached hydrogen (secondary N) is 1. The minimum Gasteiger partial charge on any atom is -0.319 e. The van der Waals surface area contributed by atoms with E-state index in [1.54, 1.807) is 12.1 Å². The highest BCUT2D eigenvalue weighted by Gasteiger charge is 2.39. The van der Waals surface area contributed by atoms with Crippen LogP contribution in [0.3, 0.4) is 0 Å². The van der Waals surface area contributed by atoms with Crippen LogP contribution in [0.5, 0.6) is 0 Å². The summed E-state index contributed by atoms with van der Waals surface area (Å²) in [5, 5.41) is 11.1. The van der Waals surface area contributed by atoms with Gasteiger partial charge in [0.2, 0.25) is 5.82 Å². The molecule has 0 aliphatic carbocycles. The number of benzene rings is 1. The molecule has 2 unspecified atom stereocenters. The van der Waals surface area contributed by atoms with Crippen molar-refractivity contribution in [2.24, 2.45) is 11.8 Å². The van der Waals surface area contributed by atoms with Crippen LogP contribution in [-0.2, 0) is 19.5 Å². The van der Waals surface area contributed by atoms with Crippen molar-refractivity contribution < 1.29 is 9.18 Å². The fourth-order valence-corrected chi connectivity index (χ4v) is 4.42. The molecule has 29 heavy (non-hydrogen) atoms. The van der Waals surface area contributed by atoms with Crippen molar-refractivity contribution in [1.29, 1.82) is 0 Å². The second-order valence-corrected chi connectivity index (χ2v) is 7.79. The zero-order valence-corrected chi connectivity index (χ0v) is 15.8. The number of nitrogens with zero attached hydrogens (tertiary/aromatic N) is 5. The van der Waals surface area contributed by atoms with E-state index in [0.717, 1.165) is 38.4 Å². The van der Waals surface area contributed by atoms with Crippen LogP contribution in [0.25, 0.3) is 0 Å². The summed E-state index contributed by atoms with van der Waals surface area (Å²) in [7, 11) is 0. The molecule has 148 valence electrons. The van der Waals surface area contributed by atoms with Crippen molar-refractivity contribution in [3.05, 3.63) is 71.8 Å². The molecule has 0 bridgehead atoms. The number of hydrogen-bond acceptors (Lipinski definition) is 5. The summed E-state index contributed by atoms with van der Waals surface area (Å²) in [6.07, 6.45) is 4.46. The van der Waals surface area contributed by atoms with Gasteiger partial charge in [0.1, 0.15) is 11.6 Å². The van der Waals surface area contributed by atoms with Crippen LogP contribution in [0.4, 0.5) is 10.1 Å². The van der Waals surface area contributed by atoms with Gasteiger partial charge in [0.25, 0.3) is 5.91 Å². The molecule has 2 aromatic heterocycles. The normalized spacial score (nSPS) is 20.9. The van der Waals surface area contributed by atoms with E-state index >= 15 is 0 Å². The number of hydrogen-bond donors (Lipinski definition) is 1. The van der Waals surface area contributed by atoms with Gasteiger partial charge in [-0.2, -0.15) is 0 Å². The topological polar surface area (TPSA) is 75.9 Å². The Morgan fingerprint density at radius 3 is 2.76 bits per heavy atom. The molecule has 2 aliphatic heterocycles. The molecule has 7 nitrogen and oxygen atoms in total. The van der Waals surface area contributed by atoms with Crippen LogP contribution < -0.4 is 5.32 Å². The van der Waals surface area contributed by atoms with Gasteiger partial charge in [-0.15, -0.1) is 10.2 Å². The zero-order valence-electron chi connectivity index (χ0n) is 15.8. The summed E-state index contributed by atoms with van der Waals surface area (Å²) in [6.45, 7) is 3.63. The third kappa shape index (κ3) is 3.63. The number of pyridine rings is 1. The zero-order chi connectivity index (χ0) is 19.8. The minimum absolute atomic E-state index is 0.287. The Bertz CT molecular complexity index is 1040. The van der Waals surface area contributed by atoms with E-state index in [0.29, 0.717) is 17.5 Å². The molecule has 3 aromatic rings. The molecular formula is C21H21FN6O. The summed E-state index contributed by atoms with van der Waals surface area (Å²) in [5.41, 5.74) is 1.67. The number of aromatic nitrogens is 4. The highest BCUT2D eigenvalue weighted by atomic mass is 19.1. The Balaban J connectivity index is 1.29. The quantitative estimate of drug-likeness (QED) is 0.738. The van der Waals surface area contributed by atoms with Crippen molar-refractivity contribution in [1.82, 2.24) is 24.6 Å². The summed E-state index contributed by atoms with van der Waals surface area (Å²) >= 11 is 0. The molecule has 5 rings (SSSR count). The fourth-order valence-electron chi connectivity index (χ4n) is 4.42. The average molecular weight is 392 g/mol. The molecule has 2 atom stereocenters. The van der Waals surface area contributed by atoms with E-state index in [2.05, 4.69) is 25.4 Å². The van der Waals surface area contributed by atoms with Crippen molar-refractivity contribution in [2.75, 3.05) is 18.4 Å². The summed E-state index contributed by atoms with van der Waals surface area (Å²) in [5.74, 6) is 1.36. The number of halogens is 1. The van der Waals surface area contributed by atoms with Crippen LogP contribution in [-0.4, -0.2) is 43.6 Å².